The van der Waals surface area contributed by atoms with Gasteiger partial charge in [-0.1, -0.05) is 180 Å². The Hall–Kier alpha value is -2.59. The van der Waals surface area contributed by atoms with Crippen LogP contribution in [0.25, 0.3) is 0 Å². The Morgan fingerprint density at radius 2 is 0.965 bits per heavy atom. The average Bonchev–Trinajstić information content (AvgIpc) is 3.44. The molecule has 1 unspecified atom stereocenters. The zero-order valence-corrected chi connectivity index (χ0v) is 36.4. The van der Waals surface area contributed by atoms with Crippen molar-refractivity contribution >= 4 is 31.6 Å². The maximum atomic E-state index is 12.8. The van der Waals surface area contributed by atoms with Gasteiger partial charge >= 0.3 is 19.8 Å². The quantitative estimate of drug-likeness (QED) is 0.0296. The number of phosphoric ester groups is 1. The lowest BCUT2D eigenvalue weighted by Gasteiger charge is -2.20. The van der Waals surface area contributed by atoms with Crippen LogP contribution in [0.15, 0.2) is 24.3 Å². The Labute approximate surface area is 344 Å². The molecular weight excluding hydrogens is 745 g/mol. The molecule has 2 rings (SSSR count). The van der Waals surface area contributed by atoms with E-state index >= 15 is 0 Å². The van der Waals surface area contributed by atoms with E-state index in [-0.39, 0.29) is 37.1 Å². The first kappa shape index (κ1) is 50.6. The lowest BCUT2D eigenvalue weighted by Crippen LogP contribution is -2.33. The van der Waals surface area contributed by atoms with E-state index in [9.17, 15) is 28.6 Å². The normalized spacial score (nSPS) is 14.1. The monoisotopic (exact) mass is 822 g/mol. The summed E-state index contributed by atoms with van der Waals surface area (Å²) in [4.78, 5) is 61.8. The van der Waals surface area contributed by atoms with Gasteiger partial charge in [0, 0.05) is 12.8 Å². The highest BCUT2D eigenvalue weighted by Crippen LogP contribution is 2.43. The minimum absolute atomic E-state index is 0.175. The number of rotatable bonds is 38. The van der Waals surface area contributed by atoms with Gasteiger partial charge in [-0.3, -0.25) is 33.1 Å². The molecule has 1 aromatic carbocycles. The first-order valence-corrected chi connectivity index (χ1v) is 24.1. The summed E-state index contributed by atoms with van der Waals surface area (Å²) >= 11 is 0. The van der Waals surface area contributed by atoms with Crippen molar-refractivity contribution in [2.45, 2.75) is 200 Å². The molecule has 0 saturated heterocycles. The zero-order chi connectivity index (χ0) is 41.4. The van der Waals surface area contributed by atoms with Crippen LogP contribution < -0.4 is 0 Å². The third kappa shape index (κ3) is 24.2. The molecule has 0 saturated carbocycles. The second kappa shape index (κ2) is 32.3. The molecule has 1 aliphatic heterocycles. The van der Waals surface area contributed by atoms with E-state index < -0.39 is 50.9 Å². The first-order valence-electron chi connectivity index (χ1n) is 22.6. The first-order chi connectivity index (χ1) is 27.7. The molecule has 0 radical (unpaired) electrons. The number of nitrogens with zero attached hydrogens (tertiary/aromatic N) is 1. The number of unbranched alkanes of at least 4 members (excludes halogenated alkanes) is 24. The lowest BCUT2D eigenvalue weighted by molar-refractivity contribution is -0.161. The van der Waals surface area contributed by atoms with Crippen molar-refractivity contribution < 1.29 is 47.2 Å². The second-order valence-electron chi connectivity index (χ2n) is 15.7. The van der Waals surface area contributed by atoms with Crippen LogP contribution in [-0.2, 0) is 32.7 Å². The Morgan fingerprint density at radius 3 is 1.39 bits per heavy atom. The summed E-state index contributed by atoms with van der Waals surface area (Å²) in [5.74, 6) is -1.95. The van der Waals surface area contributed by atoms with Gasteiger partial charge in [0.05, 0.1) is 30.9 Å². The Bertz CT molecular complexity index is 1270. The predicted molar refractivity (Wildman–Crippen MR) is 225 cm³/mol. The number of carbonyl (C=O) groups excluding carboxylic acids is 4. The van der Waals surface area contributed by atoms with Crippen molar-refractivity contribution in [2.24, 2.45) is 0 Å². The summed E-state index contributed by atoms with van der Waals surface area (Å²) in [5.41, 5.74) is 0.524. The number of imide groups is 1. The smallest absolute Gasteiger partial charge is 0.462 e. The zero-order valence-electron chi connectivity index (χ0n) is 35.5. The number of fused-ring (bicyclic) bond motifs is 1. The van der Waals surface area contributed by atoms with Crippen LogP contribution in [0, 0.1) is 0 Å². The van der Waals surface area contributed by atoms with E-state index in [1.807, 2.05) is 0 Å². The number of carbonyl (C=O) groups is 4. The van der Waals surface area contributed by atoms with Gasteiger partial charge in [-0.2, -0.15) is 0 Å². The van der Waals surface area contributed by atoms with Gasteiger partial charge in [-0.05, 0) is 25.0 Å². The molecular formula is C45H76NO10P. The maximum Gasteiger partial charge on any atom is 0.472 e. The number of hydrogen-bond acceptors (Lipinski definition) is 9. The van der Waals surface area contributed by atoms with E-state index in [4.69, 9.17) is 18.5 Å². The van der Waals surface area contributed by atoms with Gasteiger partial charge in [-0.15, -0.1) is 0 Å². The molecule has 1 heterocycles. The molecule has 326 valence electrons. The van der Waals surface area contributed by atoms with Crippen molar-refractivity contribution in [1.82, 2.24) is 4.90 Å². The van der Waals surface area contributed by atoms with Crippen LogP contribution in [0.2, 0.25) is 0 Å². The van der Waals surface area contributed by atoms with E-state index in [0.29, 0.717) is 12.8 Å². The minimum Gasteiger partial charge on any atom is -0.462 e. The Balaban J connectivity index is 1.70. The Kier molecular flexibility index (Phi) is 28.6. The van der Waals surface area contributed by atoms with Crippen molar-refractivity contribution in [3.8, 4) is 0 Å². The molecule has 0 spiro atoms. The summed E-state index contributed by atoms with van der Waals surface area (Å²) < 4.78 is 33.9. The number of esters is 2. The van der Waals surface area contributed by atoms with Gasteiger partial charge < -0.3 is 14.4 Å². The fraction of sp³-hybridized carbons (Fsp3) is 0.778. The molecule has 12 heteroatoms. The van der Waals surface area contributed by atoms with Crippen LogP contribution in [0.5, 0.6) is 0 Å². The van der Waals surface area contributed by atoms with Crippen LogP contribution in [0.3, 0.4) is 0 Å². The third-order valence-corrected chi connectivity index (χ3v) is 11.6. The predicted octanol–water partition coefficient (Wildman–Crippen LogP) is 11.8. The van der Waals surface area contributed by atoms with Crippen molar-refractivity contribution in [3.05, 3.63) is 35.4 Å². The summed E-state index contributed by atoms with van der Waals surface area (Å²) in [7, 11) is -4.68. The van der Waals surface area contributed by atoms with Crippen LogP contribution in [0.4, 0.5) is 0 Å². The maximum absolute atomic E-state index is 12.8. The second-order valence-corrected chi connectivity index (χ2v) is 17.1. The molecule has 11 nitrogen and oxygen atoms in total. The van der Waals surface area contributed by atoms with Gasteiger partial charge in [0.1, 0.15) is 6.61 Å². The molecule has 0 bridgehead atoms. The molecule has 1 aliphatic rings. The SMILES string of the molecule is CCCCCCCCCCCCCCCC(=O)OC[C@@H](COP(=O)(O)OCCN1C(=O)c2ccccc2C1=O)OC(=O)CCCCCCCCCCCCCCC. The molecule has 0 aromatic heterocycles. The molecule has 1 N–H and O–H groups in total. The largest absolute Gasteiger partial charge is 0.472 e. The van der Waals surface area contributed by atoms with Crippen LogP contribution >= 0.6 is 7.82 Å². The molecule has 0 fully saturated rings. The average molecular weight is 822 g/mol. The van der Waals surface area contributed by atoms with Crippen LogP contribution in [-0.4, -0.2) is 66.0 Å². The minimum atomic E-state index is -4.68. The van der Waals surface area contributed by atoms with E-state index in [0.717, 1.165) is 43.4 Å². The number of phosphoric acid groups is 1. The van der Waals surface area contributed by atoms with Crippen LogP contribution in [0.1, 0.15) is 214 Å². The van der Waals surface area contributed by atoms with E-state index in [1.165, 1.54) is 116 Å². The standard InChI is InChI=1S/C45H76NO10P/c1-3-5-7-9-11-13-15-17-19-21-23-25-27-33-42(47)53-37-39(56-43(48)34-28-26-24-22-20-18-16-14-12-10-8-6-4-2)38-55-57(51,52)54-36-35-46-44(49)40-31-29-30-32-41(40)45(46)50/h29-32,39H,3-28,33-38H2,1-2H3,(H,51,52)/t39-/m0/s1. The highest BCUT2D eigenvalue weighted by Gasteiger charge is 2.35. The van der Waals surface area contributed by atoms with Crippen molar-refractivity contribution in [3.63, 3.8) is 0 Å². The van der Waals surface area contributed by atoms with E-state index in [2.05, 4.69) is 13.8 Å². The number of hydrogen-bond donors (Lipinski definition) is 1. The topological polar surface area (TPSA) is 146 Å². The summed E-state index contributed by atoms with van der Waals surface area (Å²) in [5, 5.41) is 0. The third-order valence-electron chi connectivity index (χ3n) is 10.6. The highest BCUT2D eigenvalue weighted by molar-refractivity contribution is 7.47. The summed E-state index contributed by atoms with van der Waals surface area (Å²) in [6.07, 6.45) is 30.3. The molecule has 1 aromatic rings. The summed E-state index contributed by atoms with van der Waals surface area (Å²) in [6.45, 7) is 2.91. The lowest BCUT2D eigenvalue weighted by atomic mass is 10.0. The van der Waals surface area contributed by atoms with Crippen molar-refractivity contribution in [2.75, 3.05) is 26.4 Å². The molecule has 2 amide bonds. The summed E-state index contributed by atoms with van der Waals surface area (Å²) in [6, 6.07) is 6.39. The molecule has 57 heavy (non-hydrogen) atoms. The van der Waals surface area contributed by atoms with Gasteiger partial charge in [0.2, 0.25) is 0 Å². The van der Waals surface area contributed by atoms with Gasteiger partial charge in [0.25, 0.3) is 11.8 Å². The number of benzene rings is 1. The number of amides is 2. The van der Waals surface area contributed by atoms with Gasteiger partial charge in [-0.25, -0.2) is 4.57 Å². The van der Waals surface area contributed by atoms with Crippen molar-refractivity contribution in [1.29, 1.82) is 0 Å². The Morgan fingerprint density at radius 1 is 0.579 bits per heavy atom. The fourth-order valence-corrected chi connectivity index (χ4v) is 7.84. The molecule has 2 atom stereocenters. The number of ether oxygens (including phenoxy) is 2. The van der Waals surface area contributed by atoms with Gasteiger partial charge in [0.15, 0.2) is 6.10 Å². The van der Waals surface area contributed by atoms with E-state index in [1.54, 1.807) is 24.3 Å². The molecule has 0 aliphatic carbocycles. The highest BCUT2D eigenvalue weighted by atomic mass is 31.2. The fourth-order valence-electron chi connectivity index (χ4n) is 7.10.